The van der Waals surface area contributed by atoms with Gasteiger partial charge >= 0.3 is 0 Å². The molecule has 2 rings (SSSR count). The van der Waals surface area contributed by atoms with E-state index >= 15 is 0 Å². The molecule has 6 nitrogen and oxygen atoms in total. The largest absolute Gasteiger partial charge is 0.494 e. The minimum atomic E-state index is 0.232. The van der Waals surface area contributed by atoms with Crippen molar-refractivity contribution in [2.75, 3.05) is 30.3 Å². The average molecular weight is 287 g/mol. The molecule has 2 N–H and O–H groups in total. The van der Waals surface area contributed by atoms with Crippen molar-refractivity contribution in [1.29, 1.82) is 0 Å². The third-order valence-corrected chi connectivity index (χ3v) is 3.11. The highest BCUT2D eigenvalue weighted by Gasteiger charge is 2.11. The molecule has 6 heteroatoms. The van der Waals surface area contributed by atoms with Gasteiger partial charge < -0.3 is 15.4 Å². The average Bonchev–Trinajstić information content (AvgIpc) is 2.49. The van der Waals surface area contributed by atoms with Gasteiger partial charge in [0.1, 0.15) is 5.75 Å². The maximum absolute atomic E-state index is 5.81. The minimum Gasteiger partial charge on any atom is -0.494 e. The van der Waals surface area contributed by atoms with Crippen LogP contribution in [-0.4, -0.2) is 34.6 Å². The SMILES string of the molecule is CCOc1ccc(-c2nc(N)nc(N(CC)CC)n2)cc1. The molecule has 0 atom stereocenters. The van der Waals surface area contributed by atoms with Crippen LogP contribution >= 0.6 is 0 Å². The number of aromatic nitrogens is 3. The van der Waals surface area contributed by atoms with Crippen molar-refractivity contribution in [1.82, 2.24) is 15.0 Å². The van der Waals surface area contributed by atoms with E-state index < -0.39 is 0 Å². The van der Waals surface area contributed by atoms with Crippen LogP contribution in [0.2, 0.25) is 0 Å². The first-order valence-corrected chi connectivity index (χ1v) is 7.17. The number of anilines is 2. The molecule has 0 aliphatic heterocycles. The van der Waals surface area contributed by atoms with E-state index in [4.69, 9.17) is 10.5 Å². The fourth-order valence-corrected chi connectivity index (χ4v) is 2.02. The Balaban J connectivity index is 2.34. The Hall–Kier alpha value is -2.37. The molecule has 0 aliphatic rings. The van der Waals surface area contributed by atoms with Gasteiger partial charge in [-0.05, 0) is 45.0 Å². The maximum Gasteiger partial charge on any atom is 0.230 e. The zero-order valence-electron chi connectivity index (χ0n) is 12.7. The van der Waals surface area contributed by atoms with Gasteiger partial charge in [0.15, 0.2) is 5.82 Å². The lowest BCUT2D eigenvalue weighted by Crippen LogP contribution is -2.25. The third-order valence-electron chi connectivity index (χ3n) is 3.11. The monoisotopic (exact) mass is 287 g/mol. The molecule has 1 heterocycles. The van der Waals surface area contributed by atoms with Crippen molar-refractivity contribution >= 4 is 11.9 Å². The van der Waals surface area contributed by atoms with Crippen molar-refractivity contribution in [2.45, 2.75) is 20.8 Å². The Bertz CT molecular complexity index is 581. The van der Waals surface area contributed by atoms with Crippen LogP contribution in [0.3, 0.4) is 0 Å². The van der Waals surface area contributed by atoms with Crippen LogP contribution in [0.25, 0.3) is 11.4 Å². The van der Waals surface area contributed by atoms with Crippen molar-refractivity contribution in [3.05, 3.63) is 24.3 Å². The number of hydrogen-bond acceptors (Lipinski definition) is 6. The Morgan fingerprint density at radius 2 is 1.67 bits per heavy atom. The molecule has 0 radical (unpaired) electrons. The molecular formula is C15H21N5O. The van der Waals surface area contributed by atoms with Crippen LogP contribution in [0.15, 0.2) is 24.3 Å². The number of rotatable bonds is 6. The predicted octanol–water partition coefficient (Wildman–Crippen LogP) is 2.37. The fourth-order valence-electron chi connectivity index (χ4n) is 2.02. The second-order valence-corrected chi connectivity index (χ2v) is 4.45. The maximum atomic E-state index is 5.81. The molecule has 0 saturated carbocycles. The first-order valence-electron chi connectivity index (χ1n) is 7.17. The lowest BCUT2D eigenvalue weighted by atomic mass is 10.2. The molecule has 1 aromatic heterocycles. The number of nitrogens with two attached hydrogens (primary N) is 1. The van der Waals surface area contributed by atoms with Crippen LogP contribution in [0.5, 0.6) is 5.75 Å². The van der Waals surface area contributed by atoms with E-state index in [-0.39, 0.29) is 5.95 Å². The molecular weight excluding hydrogens is 266 g/mol. The summed E-state index contributed by atoms with van der Waals surface area (Å²) in [6.07, 6.45) is 0. The molecule has 0 saturated heterocycles. The zero-order chi connectivity index (χ0) is 15.2. The quantitative estimate of drug-likeness (QED) is 0.879. The molecule has 0 bridgehead atoms. The molecule has 0 spiro atoms. The fraction of sp³-hybridized carbons (Fsp3) is 0.400. The van der Waals surface area contributed by atoms with E-state index in [0.717, 1.165) is 24.4 Å². The van der Waals surface area contributed by atoms with E-state index in [9.17, 15) is 0 Å². The van der Waals surface area contributed by atoms with Crippen LogP contribution in [-0.2, 0) is 0 Å². The Morgan fingerprint density at radius 3 is 2.24 bits per heavy atom. The van der Waals surface area contributed by atoms with Crippen LogP contribution < -0.4 is 15.4 Å². The standard InChI is InChI=1S/C15H21N5O/c1-4-20(5-2)15-18-13(17-14(16)19-15)11-7-9-12(10-8-11)21-6-3/h7-10H,4-6H2,1-3H3,(H2,16,17,18,19). The van der Waals surface area contributed by atoms with Crippen molar-refractivity contribution in [3.8, 4) is 17.1 Å². The normalized spacial score (nSPS) is 10.4. The van der Waals surface area contributed by atoms with Gasteiger partial charge in [0.05, 0.1) is 6.61 Å². The summed E-state index contributed by atoms with van der Waals surface area (Å²) >= 11 is 0. The first kappa shape index (κ1) is 15.0. The summed E-state index contributed by atoms with van der Waals surface area (Å²) in [5.41, 5.74) is 6.70. The molecule has 0 amide bonds. The van der Waals surface area contributed by atoms with E-state index in [2.05, 4.69) is 28.8 Å². The highest BCUT2D eigenvalue weighted by atomic mass is 16.5. The van der Waals surface area contributed by atoms with E-state index in [1.54, 1.807) is 0 Å². The zero-order valence-corrected chi connectivity index (χ0v) is 12.7. The first-order chi connectivity index (χ1) is 10.2. The highest BCUT2D eigenvalue weighted by Crippen LogP contribution is 2.21. The third kappa shape index (κ3) is 3.59. The van der Waals surface area contributed by atoms with Gasteiger partial charge in [0.25, 0.3) is 0 Å². The summed E-state index contributed by atoms with van der Waals surface area (Å²) in [5, 5.41) is 0. The minimum absolute atomic E-state index is 0.232. The van der Waals surface area contributed by atoms with Crippen LogP contribution in [0.4, 0.5) is 11.9 Å². The summed E-state index contributed by atoms with van der Waals surface area (Å²) in [5.74, 6) is 2.24. The topological polar surface area (TPSA) is 77.2 Å². The van der Waals surface area contributed by atoms with Gasteiger partial charge in [-0.3, -0.25) is 0 Å². The lowest BCUT2D eigenvalue weighted by molar-refractivity contribution is 0.340. The van der Waals surface area contributed by atoms with E-state index in [0.29, 0.717) is 18.4 Å². The number of ether oxygens (including phenoxy) is 1. The second kappa shape index (κ2) is 6.88. The summed E-state index contributed by atoms with van der Waals surface area (Å²) in [7, 11) is 0. The van der Waals surface area contributed by atoms with Crippen LogP contribution in [0.1, 0.15) is 20.8 Å². The summed E-state index contributed by atoms with van der Waals surface area (Å²) in [6, 6.07) is 7.64. The molecule has 112 valence electrons. The van der Waals surface area contributed by atoms with Gasteiger partial charge in [0.2, 0.25) is 11.9 Å². The van der Waals surface area contributed by atoms with Crippen molar-refractivity contribution in [3.63, 3.8) is 0 Å². The summed E-state index contributed by atoms with van der Waals surface area (Å²) < 4.78 is 5.43. The van der Waals surface area contributed by atoms with Gasteiger partial charge in [0, 0.05) is 18.7 Å². The number of nitrogens with zero attached hydrogens (tertiary/aromatic N) is 4. The lowest BCUT2D eigenvalue weighted by Gasteiger charge is -2.18. The van der Waals surface area contributed by atoms with Gasteiger partial charge in [-0.1, -0.05) is 0 Å². The Kier molecular flexibility index (Phi) is 4.92. The van der Waals surface area contributed by atoms with Gasteiger partial charge in [-0.25, -0.2) is 0 Å². The number of hydrogen-bond donors (Lipinski definition) is 1. The predicted molar refractivity (Wildman–Crippen MR) is 84.4 cm³/mol. The van der Waals surface area contributed by atoms with Crippen molar-refractivity contribution < 1.29 is 4.74 Å². The molecule has 2 aromatic rings. The molecule has 0 unspecified atom stereocenters. The van der Waals surface area contributed by atoms with Gasteiger partial charge in [-0.15, -0.1) is 0 Å². The second-order valence-electron chi connectivity index (χ2n) is 4.45. The summed E-state index contributed by atoms with van der Waals surface area (Å²) in [4.78, 5) is 15.0. The smallest absolute Gasteiger partial charge is 0.230 e. The number of nitrogen functional groups attached to an aromatic ring is 1. The van der Waals surface area contributed by atoms with Crippen molar-refractivity contribution in [2.24, 2.45) is 0 Å². The highest BCUT2D eigenvalue weighted by molar-refractivity contribution is 5.59. The Morgan fingerprint density at radius 1 is 1.00 bits per heavy atom. The molecule has 0 aliphatic carbocycles. The van der Waals surface area contributed by atoms with Crippen LogP contribution in [0, 0.1) is 0 Å². The summed E-state index contributed by atoms with van der Waals surface area (Å²) in [6.45, 7) is 8.35. The van der Waals surface area contributed by atoms with E-state index in [1.165, 1.54) is 0 Å². The Labute approximate surface area is 125 Å². The molecule has 1 aromatic carbocycles. The molecule has 0 fully saturated rings. The van der Waals surface area contributed by atoms with E-state index in [1.807, 2.05) is 36.1 Å². The van der Waals surface area contributed by atoms with Gasteiger partial charge in [-0.2, -0.15) is 15.0 Å². The molecule has 21 heavy (non-hydrogen) atoms. The number of benzene rings is 1.